The summed E-state index contributed by atoms with van der Waals surface area (Å²) in [5.41, 5.74) is 1.07. The molecule has 2 aromatic heterocycles. The van der Waals surface area contributed by atoms with Gasteiger partial charge >= 0.3 is 0 Å². The average molecular weight is 233 g/mol. The Labute approximate surface area is 99.2 Å². The lowest BCUT2D eigenvalue weighted by molar-refractivity contribution is 0.0934. The summed E-state index contributed by atoms with van der Waals surface area (Å²) >= 11 is 0. The van der Waals surface area contributed by atoms with Gasteiger partial charge in [-0.2, -0.15) is 5.10 Å². The average Bonchev–Trinajstić information content (AvgIpc) is 2.98. The van der Waals surface area contributed by atoms with Crippen LogP contribution < -0.4 is 5.32 Å². The molecule has 0 aliphatic rings. The zero-order valence-electron chi connectivity index (χ0n) is 9.86. The van der Waals surface area contributed by atoms with Crippen molar-refractivity contribution in [2.24, 2.45) is 0 Å². The summed E-state index contributed by atoms with van der Waals surface area (Å²) in [6.07, 6.45) is 2.47. The van der Waals surface area contributed by atoms with Gasteiger partial charge < -0.3 is 9.73 Å². The van der Waals surface area contributed by atoms with E-state index < -0.39 is 0 Å². The summed E-state index contributed by atoms with van der Waals surface area (Å²) in [7, 11) is 0. The molecule has 0 unspecified atom stereocenters. The SMILES string of the molecule is CC[C@@H](C)NC(=O)c1cc(-c2ccco2)[nH]n1. The minimum atomic E-state index is -0.173. The van der Waals surface area contributed by atoms with E-state index in [2.05, 4.69) is 15.5 Å². The van der Waals surface area contributed by atoms with Crippen molar-refractivity contribution in [2.45, 2.75) is 26.3 Å². The van der Waals surface area contributed by atoms with Gasteiger partial charge in [-0.05, 0) is 25.5 Å². The highest BCUT2D eigenvalue weighted by molar-refractivity contribution is 5.93. The van der Waals surface area contributed by atoms with Crippen LogP contribution in [0, 0.1) is 0 Å². The molecule has 1 atom stereocenters. The second kappa shape index (κ2) is 4.86. The van der Waals surface area contributed by atoms with Crippen molar-refractivity contribution in [3.05, 3.63) is 30.2 Å². The maximum atomic E-state index is 11.8. The van der Waals surface area contributed by atoms with Crippen molar-refractivity contribution in [1.29, 1.82) is 0 Å². The highest BCUT2D eigenvalue weighted by atomic mass is 16.3. The van der Waals surface area contributed by atoms with Crippen molar-refractivity contribution in [1.82, 2.24) is 15.5 Å². The minimum Gasteiger partial charge on any atom is -0.463 e. The van der Waals surface area contributed by atoms with Gasteiger partial charge in [-0.1, -0.05) is 6.92 Å². The maximum absolute atomic E-state index is 11.8. The highest BCUT2D eigenvalue weighted by Crippen LogP contribution is 2.17. The number of H-pyrrole nitrogens is 1. The molecule has 0 saturated heterocycles. The maximum Gasteiger partial charge on any atom is 0.271 e. The third kappa shape index (κ3) is 2.55. The zero-order valence-corrected chi connectivity index (χ0v) is 9.86. The van der Waals surface area contributed by atoms with E-state index in [0.29, 0.717) is 17.1 Å². The van der Waals surface area contributed by atoms with Crippen LogP contribution in [0.25, 0.3) is 11.5 Å². The van der Waals surface area contributed by atoms with E-state index in [1.54, 1.807) is 18.4 Å². The molecule has 0 bridgehead atoms. The van der Waals surface area contributed by atoms with Gasteiger partial charge in [0, 0.05) is 12.1 Å². The minimum absolute atomic E-state index is 0.145. The molecule has 0 aliphatic carbocycles. The molecule has 2 N–H and O–H groups in total. The molecule has 0 spiro atoms. The van der Waals surface area contributed by atoms with Crippen LogP contribution in [0.5, 0.6) is 0 Å². The predicted molar refractivity (Wildman–Crippen MR) is 63.5 cm³/mol. The quantitative estimate of drug-likeness (QED) is 0.850. The Morgan fingerprint density at radius 1 is 1.65 bits per heavy atom. The fraction of sp³-hybridized carbons (Fsp3) is 0.333. The molecular formula is C12H15N3O2. The number of amides is 1. The largest absolute Gasteiger partial charge is 0.463 e. The monoisotopic (exact) mass is 233 g/mol. The van der Waals surface area contributed by atoms with Gasteiger partial charge in [0.15, 0.2) is 11.5 Å². The van der Waals surface area contributed by atoms with Crippen LogP contribution in [-0.2, 0) is 0 Å². The van der Waals surface area contributed by atoms with Crippen LogP contribution in [0.4, 0.5) is 0 Å². The van der Waals surface area contributed by atoms with E-state index in [0.717, 1.165) is 6.42 Å². The third-order valence-electron chi connectivity index (χ3n) is 2.59. The Kier molecular flexibility index (Phi) is 3.27. The van der Waals surface area contributed by atoms with Crippen molar-refractivity contribution in [3.63, 3.8) is 0 Å². The lowest BCUT2D eigenvalue weighted by Gasteiger charge is -2.08. The lowest BCUT2D eigenvalue weighted by atomic mass is 10.2. The molecule has 5 heteroatoms. The van der Waals surface area contributed by atoms with Crippen LogP contribution in [0.15, 0.2) is 28.9 Å². The van der Waals surface area contributed by atoms with Gasteiger partial charge in [0.25, 0.3) is 5.91 Å². The zero-order chi connectivity index (χ0) is 12.3. The second-order valence-corrected chi connectivity index (χ2v) is 3.93. The topological polar surface area (TPSA) is 70.9 Å². The van der Waals surface area contributed by atoms with Crippen molar-refractivity contribution in [3.8, 4) is 11.5 Å². The van der Waals surface area contributed by atoms with Crippen LogP contribution in [0.1, 0.15) is 30.8 Å². The highest BCUT2D eigenvalue weighted by Gasteiger charge is 2.13. The van der Waals surface area contributed by atoms with E-state index in [1.165, 1.54) is 0 Å². The summed E-state index contributed by atoms with van der Waals surface area (Å²) in [4.78, 5) is 11.8. The molecule has 2 aromatic rings. The molecule has 17 heavy (non-hydrogen) atoms. The van der Waals surface area contributed by atoms with E-state index in [4.69, 9.17) is 4.42 Å². The number of aromatic nitrogens is 2. The van der Waals surface area contributed by atoms with Crippen molar-refractivity contribution >= 4 is 5.91 Å². The van der Waals surface area contributed by atoms with Crippen LogP contribution >= 0.6 is 0 Å². The number of nitrogens with one attached hydrogen (secondary N) is 2. The van der Waals surface area contributed by atoms with E-state index in [1.807, 2.05) is 19.9 Å². The molecule has 0 aromatic carbocycles. The summed E-state index contributed by atoms with van der Waals surface area (Å²) in [5, 5.41) is 9.59. The number of carbonyl (C=O) groups is 1. The number of hydrogen-bond donors (Lipinski definition) is 2. The van der Waals surface area contributed by atoms with Gasteiger partial charge in [0.05, 0.1) is 6.26 Å². The fourth-order valence-corrected chi connectivity index (χ4v) is 1.40. The van der Waals surface area contributed by atoms with Crippen LogP contribution in [0.3, 0.4) is 0 Å². The first-order valence-corrected chi connectivity index (χ1v) is 5.61. The number of nitrogens with zero attached hydrogens (tertiary/aromatic N) is 1. The van der Waals surface area contributed by atoms with Crippen LogP contribution in [0.2, 0.25) is 0 Å². The number of furan rings is 1. The smallest absolute Gasteiger partial charge is 0.271 e. The summed E-state index contributed by atoms with van der Waals surface area (Å²) in [6.45, 7) is 3.97. The predicted octanol–water partition coefficient (Wildman–Crippen LogP) is 2.20. The summed E-state index contributed by atoms with van der Waals surface area (Å²) in [5.74, 6) is 0.494. The fourth-order valence-electron chi connectivity index (χ4n) is 1.40. The van der Waals surface area contributed by atoms with Gasteiger partial charge in [-0.3, -0.25) is 9.89 Å². The number of rotatable bonds is 4. The molecule has 0 radical (unpaired) electrons. The second-order valence-electron chi connectivity index (χ2n) is 3.93. The Hall–Kier alpha value is -2.04. The van der Waals surface area contributed by atoms with E-state index >= 15 is 0 Å². The third-order valence-corrected chi connectivity index (χ3v) is 2.59. The normalized spacial score (nSPS) is 12.4. The molecule has 5 nitrogen and oxygen atoms in total. The Morgan fingerprint density at radius 2 is 2.47 bits per heavy atom. The molecule has 2 rings (SSSR count). The Balaban J connectivity index is 2.11. The number of aromatic amines is 1. The lowest BCUT2D eigenvalue weighted by Crippen LogP contribution is -2.32. The van der Waals surface area contributed by atoms with Gasteiger partial charge in [-0.15, -0.1) is 0 Å². The van der Waals surface area contributed by atoms with Gasteiger partial charge in [-0.25, -0.2) is 0 Å². The first kappa shape index (κ1) is 11.4. The van der Waals surface area contributed by atoms with Gasteiger partial charge in [0.2, 0.25) is 0 Å². The summed E-state index contributed by atoms with van der Waals surface area (Å²) in [6, 6.07) is 5.42. The Bertz CT molecular complexity index is 488. The molecule has 1 amide bonds. The molecule has 2 heterocycles. The first-order valence-electron chi connectivity index (χ1n) is 5.61. The van der Waals surface area contributed by atoms with Crippen LogP contribution in [-0.4, -0.2) is 22.1 Å². The molecule has 0 aliphatic heterocycles. The number of hydrogen-bond acceptors (Lipinski definition) is 3. The van der Waals surface area contributed by atoms with Crippen molar-refractivity contribution < 1.29 is 9.21 Å². The molecular weight excluding hydrogens is 218 g/mol. The Morgan fingerprint density at radius 3 is 3.12 bits per heavy atom. The summed E-state index contributed by atoms with van der Waals surface area (Å²) < 4.78 is 5.21. The van der Waals surface area contributed by atoms with E-state index in [9.17, 15) is 4.79 Å². The van der Waals surface area contributed by atoms with E-state index in [-0.39, 0.29) is 11.9 Å². The first-order chi connectivity index (χ1) is 8.20. The number of carbonyl (C=O) groups excluding carboxylic acids is 1. The van der Waals surface area contributed by atoms with Gasteiger partial charge in [0.1, 0.15) is 5.69 Å². The molecule has 0 fully saturated rings. The molecule has 0 saturated carbocycles. The van der Waals surface area contributed by atoms with Crippen molar-refractivity contribution in [2.75, 3.05) is 0 Å². The molecule has 90 valence electrons. The standard InChI is InChI=1S/C12H15N3O2/c1-3-8(2)13-12(16)10-7-9(14-15-10)11-5-4-6-17-11/h4-8H,3H2,1-2H3,(H,13,16)(H,14,15)/t8-/m1/s1.